The van der Waals surface area contributed by atoms with Crippen molar-refractivity contribution in [2.45, 2.75) is 45.6 Å². The molecule has 3 heterocycles. The van der Waals surface area contributed by atoms with Crippen molar-refractivity contribution in [3.8, 4) is 0 Å². The first-order chi connectivity index (χ1) is 16.0. The summed E-state index contributed by atoms with van der Waals surface area (Å²) in [6.45, 7) is 3.23. The topological polar surface area (TPSA) is 151 Å². The molecule has 0 radical (unpaired) electrons. The van der Waals surface area contributed by atoms with Crippen LogP contribution >= 0.6 is 11.3 Å². The Morgan fingerprint density at radius 1 is 1.15 bits per heavy atom. The molecule has 0 unspecified atom stereocenters. The maximum Gasteiger partial charge on any atom is 0.326 e. The third-order valence-electron chi connectivity index (χ3n) is 4.94. The van der Waals surface area contributed by atoms with Crippen LogP contribution in [0.15, 0.2) is 34.9 Å². The average molecular weight is 507 g/mol. The third kappa shape index (κ3) is 7.12. The molecule has 12 heteroatoms. The fraction of sp³-hybridized carbons (Fsp3) is 0.364. The number of sulfonamides is 1. The number of hydrogen-bond donors (Lipinski definition) is 3. The number of carboxylic acids is 1. The molecule has 1 atom stereocenters. The van der Waals surface area contributed by atoms with Gasteiger partial charge in [0.2, 0.25) is 10.0 Å². The Morgan fingerprint density at radius 3 is 2.53 bits per heavy atom. The van der Waals surface area contributed by atoms with Gasteiger partial charge in [0.25, 0.3) is 5.91 Å². The number of carbonyl (C=O) groups is 2. The van der Waals surface area contributed by atoms with Gasteiger partial charge in [0.1, 0.15) is 23.2 Å². The van der Waals surface area contributed by atoms with E-state index in [0.717, 1.165) is 34.5 Å². The zero-order valence-electron chi connectivity index (χ0n) is 19.0. The molecule has 0 saturated carbocycles. The van der Waals surface area contributed by atoms with E-state index >= 15 is 0 Å². The van der Waals surface area contributed by atoms with Gasteiger partial charge in [0.05, 0.1) is 11.9 Å². The second kappa shape index (κ2) is 10.8. The van der Waals surface area contributed by atoms with Crippen LogP contribution in [-0.4, -0.2) is 47.8 Å². The van der Waals surface area contributed by atoms with E-state index in [1.807, 2.05) is 18.2 Å². The monoisotopic (exact) mass is 506 g/mol. The highest BCUT2D eigenvalue weighted by Crippen LogP contribution is 2.21. The molecule has 0 aliphatic heterocycles. The number of anilines is 1. The van der Waals surface area contributed by atoms with Crippen LogP contribution in [0.5, 0.6) is 0 Å². The molecule has 0 fully saturated rings. The Balaban J connectivity index is 1.55. The lowest BCUT2D eigenvalue weighted by Gasteiger charge is -2.13. The van der Waals surface area contributed by atoms with Crippen LogP contribution in [0.1, 0.15) is 43.7 Å². The largest absolute Gasteiger partial charge is 0.480 e. The first-order valence-electron chi connectivity index (χ1n) is 10.5. The number of carbonyl (C=O) groups excluding carboxylic acids is 1. The van der Waals surface area contributed by atoms with Crippen LogP contribution < -0.4 is 10.0 Å². The van der Waals surface area contributed by atoms with Gasteiger partial charge in [0.15, 0.2) is 0 Å². The zero-order chi connectivity index (χ0) is 24.9. The lowest BCUT2D eigenvalue weighted by molar-refractivity contribution is -0.139. The molecular formula is C22H26N4O6S2. The van der Waals surface area contributed by atoms with Crippen LogP contribution in [0.25, 0.3) is 0 Å². The minimum absolute atomic E-state index is 0.163. The molecule has 182 valence electrons. The van der Waals surface area contributed by atoms with Gasteiger partial charge in [-0.1, -0.05) is 11.2 Å². The van der Waals surface area contributed by atoms with Crippen LogP contribution in [0.3, 0.4) is 0 Å². The summed E-state index contributed by atoms with van der Waals surface area (Å²) in [5.74, 6) is -1.02. The molecule has 0 aliphatic carbocycles. The van der Waals surface area contributed by atoms with Gasteiger partial charge < -0.3 is 14.9 Å². The van der Waals surface area contributed by atoms with Crippen LogP contribution in [0.4, 0.5) is 5.82 Å². The molecule has 3 rings (SSSR count). The molecule has 3 aromatic heterocycles. The Bertz CT molecular complexity index is 1260. The maximum absolute atomic E-state index is 12.5. The smallest absolute Gasteiger partial charge is 0.326 e. The maximum atomic E-state index is 12.5. The lowest BCUT2D eigenvalue weighted by Crippen LogP contribution is -2.42. The Hall–Kier alpha value is -3.25. The quantitative estimate of drug-likeness (QED) is 0.359. The molecule has 3 N–H and O–H groups in total. The summed E-state index contributed by atoms with van der Waals surface area (Å²) in [6, 6.07) is 7.92. The number of nitrogens with one attached hydrogen (secondary N) is 2. The molecule has 3 aromatic rings. The number of rotatable bonds is 11. The van der Waals surface area contributed by atoms with E-state index in [2.05, 4.69) is 20.2 Å². The molecule has 0 aliphatic rings. The highest BCUT2D eigenvalue weighted by atomic mass is 32.2. The number of aliphatic carboxylic acids is 1. The SMILES string of the molecule is Cc1noc(C)c1C(=O)N[C@@H](Cc1ccc(CCCc2cccc(NS(C)(=O)=O)n2)s1)C(=O)O. The van der Waals surface area contributed by atoms with Crippen molar-refractivity contribution in [1.82, 2.24) is 15.5 Å². The van der Waals surface area contributed by atoms with Crippen molar-refractivity contribution in [3.63, 3.8) is 0 Å². The fourth-order valence-corrected chi connectivity index (χ4v) is 5.01. The van der Waals surface area contributed by atoms with E-state index < -0.39 is 27.9 Å². The second-order valence-electron chi connectivity index (χ2n) is 7.88. The van der Waals surface area contributed by atoms with Crippen molar-refractivity contribution in [2.75, 3.05) is 11.0 Å². The molecule has 0 spiro atoms. The molecule has 10 nitrogen and oxygen atoms in total. The van der Waals surface area contributed by atoms with Crippen LogP contribution in [0.2, 0.25) is 0 Å². The number of aryl methyl sites for hydroxylation is 4. The molecule has 0 aromatic carbocycles. The van der Waals surface area contributed by atoms with E-state index in [9.17, 15) is 23.1 Å². The lowest BCUT2D eigenvalue weighted by atomic mass is 10.1. The van der Waals surface area contributed by atoms with E-state index in [0.29, 0.717) is 17.9 Å². The van der Waals surface area contributed by atoms with Gasteiger partial charge in [-0.15, -0.1) is 11.3 Å². The van der Waals surface area contributed by atoms with E-state index in [-0.39, 0.29) is 17.8 Å². The van der Waals surface area contributed by atoms with E-state index in [4.69, 9.17) is 4.52 Å². The fourth-order valence-electron chi connectivity index (χ4n) is 3.41. The number of aromatic nitrogens is 2. The predicted molar refractivity (Wildman–Crippen MR) is 128 cm³/mol. The molecule has 0 bridgehead atoms. The Morgan fingerprint density at radius 2 is 1.88 bits per heavy atom. The summed E-state index contributed by atoms with van der Waals surface area (Å²) in [5.41, 5.74) is 1.44. The van der Waals surface area contributed by atoms with Gasteiger partial charge in [-0.05, 0) is 57.4 Å². The minimum atomic E-state index is -3.38. The van der Waals surface area contributed by atoms with Gasteiger partial charge in [-0.3, -0.25) is 9.52 Å². The first kappa shape index (κ1) is 25.4. The Kier molecular flexibility index (Phi) is 8.05. The highest BCUT2D eigenvalue weighted by Gasteiger charge is 2.25. The van der Waals surface area contributed by atoms with Gasteiger partial charge in [0, 0.05) is 21.9 Å². The van der Waals surface area contributed by atoms with Gasteiger partial charge in [-0.25, -0.2) is 18.2 Å². The van der Waals surface area contributed by atoms with E-state index in [1.165, 1.54) is 11.3 Å². The third-order valence-corrected chi connectivity index (χ3v) is 6.69. The van der Waals surface area contributed by atoms with Gasteiger partial charge in [-0.2, -0.15) is 0 Å². The minimum Gasteiger partial charge on any atom is -0.480 e. The summed E-state index contributed by atoms with van der Waals surface area (Å²) in [4.78, 5) is 30.5. The molecule has 1 amide bonds. The second-order valence-corrected chi connectivity index (χ2v) is 10.9. The standard InChI is InChI=1S/C22H26N4O6S2/c1-13-20(14(2)32-25-13)21(27)24-18(22(28)29)12-17-11-10-16(33-17)8-4-6-15-7-5-9-19(23-15)26-34(3,30)31/h5,7,9-11,18H,4,6,8,12H2,1-3H3,(H,23,26)(H,24,27)(H,28,29)/t18-/m0/s1. The van der Waals surface area contributed by atoms with Crippen LogP contribution in [0, 0.1) is 13.8 Å². The summed E-state index contributed by atoms with van der Waals surface area (Å²) in [5, 5.41) is 15.9. The number of nitrogens with zero attached hydrogens (tertiary/aromatic N) is 2. The number of carboxylic acid groups (broad SMARTS) is 1. The summed E-state index contributed by atoms with van der Waals surface area (Å²) < 4.78 is 30.1. The Labute approximate surface area is 201 Å². The molecular weight excluding hydrogens is 480 g/mol. The van der Waals surface area contributed by atoms with Crippen molar-refractivity contribution in [3.05, 3.63) is 62.8 Å². The highest BCUT2D eigenvalue weighted by molar-refractivity contribution is 7.92. The van der Waals surface area contributed by atoms with Crippen molar-refractivity contribution < 1.29 is 27.6 Å². The molecule has 34 heavy (non-hydrogen) atoms. The normalized spacial score (nSPS) is 12.3. The number of amides is 1. The summed E-state index contributed by atoms with van der Waals surface area (Å²) in [7, 11) is -3.38. The number of pyridine rings is 1. The van der Waals surface area contributed by atoms with Crippen molar-refractivity contribution >= 4 is 39.1 Å². The van der Waals surface area contributed by atoms with E-state index in [1.54, 1.807) is 26.0 Å². The van der Waals surface area contributed by atoms with Crippen molar-refractivity contribution in [1.29, 1.82) is 0 Å². The molecule has 0 saturated heterocycles. The number of hydrogen-bond acceptors (Lipinski definition) is 8. The summed E-state index contributed by atoms with van der Waals surface area (Å²) in [6.07, 6.45) is 3.46. The first-order valence-corrected chi connectivity index (χ1v) is 13.2. The zero-order valence-corrected chi connectivity index (χ0v) is 20.6. The number of thiophene rings is 1. The predicted octanol–water partition coefficient (Wildman–Crippen LogP) is 2.72. The average Bonchev–Trinajstić information content (AvgIpc) is 3.32. The van der Waals surface area contributed by atoms with Crippen molar-refractivity contribution in [2.24, 2.45) is 0 Å². The van der Waals surface area contributed by atoms with Gasteiger partial charge >= 0.3 is 5.97 Å². The summed E-state index contributed by atoms with van der Waals surface area (Å²) >= 11 is 1.50. The van der Waals surface area contributed by atoms with Crippen LogP contribution in [-0.2, 0) is 34.1 Å².